The Hall–Kier alpha value is -3.51. The van der Waals surface area contributed by atoms with E-state index in [-0.39, 0.29) is 33.8 Å². The minimum absolute atomic E-state index is 0.0725. The average molecular weight is 609 g/mol. The Kier molecular flexibility index (Phi) is 8.80. The molecule has 0 bridgehead atoms. The van der Waals surface area contributed by atoms with E-state index in [1.54, 1.807) is 0 Å². The molecular weight excluding hydrogens is 576 g/mol. The SMILES string of the molecule is COc1cc(O)c2c(=O)c(O[C@@H]3OC(CO[C@@H]4OC(C)[C@H](O)[C@H](O)C4O)[C@@H](O)C(O)[C@@H]3O)c(-c3ccc(O)cc3)oc2c1. The van der Waals surface area contributed by atoms with Gasteiger partial charge in [0.2, 0.25) is 17.5 Å². The molecule has 4 unspecified atom stereocenters. The van der Waals surface area contributed by atoms with Gasteiger partial charge in [0.15, 0.2) is 12.1 Å². The number of aromatic hydroxyl groups is 2. The third kappa shape index (κ3) is 5.86. The van der Waals surface area contributed by atoms with E-state index in [1.807, 2.05) is 0 Å². The molecule has 2 aliphatic heterocycles. The topological polar surface area (TPSA) is 238 Å². The highest BCUT2D eigenvalue weighted by atomic mass is 16.7. The van der Waals surface area contributed by atoms with E-state index in [4.69, 9.17) is 28.1 Å². The van der Waals surface area contributed by atoms with Crippen LogP contribution in [-0.4, -0.2) is 116 Å². The third-order valence-electron chi connectivity index (χ3n) is 7.41. The van der Waals surface area contributed by atoms with E-state index in [0.29, 0.717) is 0 Å². The highest BCUT2D eigenvalue weighted by Gasteiger charge is 2.47. The summed E-state index contributed by atoms with van der Waals surface area (Å²) in [6.45, 7) is 0.889. The molecule has 8 N–H and O–H groups in total. The first kappa shape index (κ1) is 30.9. The van der Waals surface area contributed by atoms with Gasteiger partial charge in [0.1, 0.15) is 70.9 Å². The minimum Gasteiger partial charge on any atom is -0.508 e. The molecular formula is C28H32O15. The van der Waals surface area contributed by atoms with Gasteiger partial charge in [-0.25, -0.2) is 0 Å². The van der Waals surface area contributed by atoms with Crippen LogP contribution in [0.15, 0.2) is 45.6 Å². The van der Waals surface area contributed by atoms with Crippen LogP contribution in [0, 0.1) is 0 Å². The Balaban J connectivity index is 1.47. The number of hydrogen-bond donors (Lipinski definition) is 8. The quantitative estimate of drug-likeness (QED) is 0.159. The third-order valence-corrected chi connectivity index (χ3v) is 7.41. The van der Waals surface area contributed by atoms with Gasteiger partial charge in [-0.05, 0) is 31.2 Å². The zero-order chi connectivity index (χ0) is 31.2. The van der Waals surface area contributed by atoms with Crippen LogP contribution in [0.1, 0.15) is 6.92 Å². The maximum atomic E-state index is 13.7. The molecule has 2 aromatic carbocycles. The van der Waals surface area contributed by atoms with Crippen LogP contribution >= 0.6 is 0 Å². The molecule has 0 amide bonds. The van der Waals surface area contributed by atoms with Gasteiger partial charge >= 0.3 is 0 Å². The van der Waals surface area contributed by atoms with Gasteiger partial charge in [-0.1, -0.05) is 0 Å². The number of rotatable bonds is 7. The smallest absolute Gasteiger partial charge is 0.239 e. The highest BCUT2D eigenvalue weighted by molar-refractivity contribution is 5.88. The Bertz CT molecular complexity index is 1490. The molecule has 1 aromatic heterocycles. The standard InChI is InChI=1S/C28H32O15/c1-10-18(31)21(34)23(36)27(40-10)39-9-16-19(32)22(35)24(37)28(42-16)43-26-20(33)17-14(30)7-13(38-2)8-15(17)41-25(26)11-3-5-12(29)6-4-11/h3-8,10,16,18-19,21-24,27-32,34-37H,9H2,1-2H3/t10?,16?,18-,19+,21-,22?,23?,24-,27+,28-/m0/s1. The van der Waals surface area contributed by atoms with Crippen molar-refractivity contribution in [2.24, 2.45) is 0 Å². The number of aliphatic hydroxyl groups is 6. The molecule has 0 saturated carbocycles. The van der Waals surface area contributed by atoms with Crippen molar-refractivity contribution in [3.8, 4) is 34.3 Å². The summed E-state index contributed by atoms with van der Waals surface area (Å²) in [4.78, 5) is 13.7. The summed E-state index contributed by atoms with van der Waals surface area (Å²) in [5.41, 5.74) is -0.705. The molecule has 3 heterocycles. The number of fused-ring (bicyclic) bond motifs is 1. The molecule has 15 nitrogen and oxygen atoms in total. The van der Waals surface area contributed by atoms with Crippen LogP contribution in [-0.2, 0) is 14.2 Å². The van der Waals surface area contributed by atoms with Crippen molar-refractivity contribution in [3.05, 3.63) is 46.6 Å². The van der Waals surface area contributed by atoms with Crippen LogP contribution in [0.2, 0.25) is 0 Å². The van der Waals surface area contributed by atoms with E-state index in [9.17, 15) is 45.6 Å². The van der Waals surface area contributed by atoms with Crippen molar-refractivity contribution in [3.63, 3.8) is 0 Å². The predicted molar refractivity (Wildman–Crippen MR) is 143 cm³/mol. The number of methoxy groups -OCH3 is 1. The summed E-state index contributed by atoms with van der Waals surface area (Å²) in [6.07, 6.45) is -15.7. The predicted octanol–water partition coefficient (Wildman–Crippen LogP) is -1.09. The lowest BCUT2D eigenvalue weighted by molar-refractivity contribution is -0.318. The zero-order valence-electron chi connectivity index (χ0n) is 22.9. The van der Waals surface area contributed by atoms with Gasteiger partial charge in [-0.3, -0.25) is 4.79 Å². The maximum absolute atomic E-state index is 13.7. The molecule has 10 atom stereocenters. The molecule has 2 fully saturated rings. The van der Waals surface area contributed by atoms with Crippen LogP contribution in [0.3, 0.4) is 0 Å². The minimum atomic E-state index is -1.90. The number of aliphatic hydroxyl groups excluding tert-OH is 6. The summed E-state index contributed by atoms with van der Waals surface area (Å²) >= 11 is 0. The molecule has 0 radical (unpaired) electrons. The Morgan fingerprint density at radius 3 is 2.14 bits per heavy atom. The van der Waals surface area contributed by atoms with Crippen molar-refractivity contribution in [2.75, 3.05) is 13.7 Å². The summed E-state index contributed by atoms with van der Waals surface area (Å²) in [5.74, 6) is -1.11. The van der Waals surface area contributed by atoms with Gasteiger partial charge in [-0.2, -0.15) is 0 Å². The normalized spacial score (nSPS) is 32.9. The first-order chi connectivity index (χ1) is 20.4. The summed E-state index contributed by atoms with van der Waals surface area (Å²) in [7, 11) is 1.35. The molecule has 3 aromatic rings. The van der Waals surface area contributed by atoms with E-state index in [2.05, 4.69) is 0 Å². The Morgan fingerprint density at radius 2 is 1.47 bits per heavy atom. The lowest BCUT2D eigenvalue weighted by atomic mass is 9.98. The molecule has 5 rings (SSSR count). The highest BCUT2D eigenvalue weighted by Crippen LogP contribution is 2.38. The summed E-state index contributed by atoms with van der Waals surface area (Å²) in [5, 5.41) is 82.0. The van der Waals surface area contributed by atoms with E-state index < -0.39 is 84.9 Å². The lowest BCUT2D eigenvalue weighted by Gasteiger charge is -2.42. The molecule has 234 valence electrons. The van der Waals surface area contributed by atoms with Crippen LogP contribution in [0.25, 0.3) is 22.3 Å². The largest absolute Gasteiger partial charge is 0.508 e. The van der Waals surface area contributed by atoms with Gasteiger partial charge in [-0.15, -0.1) is 0 Å². The molecule has 15 heteroatoms. The second kappa shape index (κ2) is 12.2. The molecule has 0 aliphatic carbocycles. The van der Waals surface area contributed by atoms with Gasteiger partial charge in [0.05, 0.1) is 19.8 Å². The number of hydrogen-bond acceptors (Lipinski definition) is 15. The molecule has 43 heavy (non-hydrogen) atoms. The van der Waals surface area contributed by atoms with Crippen molar-refractivity contribution < 1.29 is 69.0 Å². The number of phenolic OH excluding ortho intramolecular Hbond substituents is 2. The summed E-state index contributed by atoms with van der Waals surface area (Å²) < 4.78 is 33.4. The van der Waals surface area contributed by atoms with E-state index >= 15 is 0 Å². The van der Waals surface area contributed by atoms with Crippen molar-refractivity contribution in [1.29, 1.82) is 0 Å². The molecule has 0 spiro atoms. The Morgan fingerprint density at radius 1 is 0.814 bits per heavy atom. The van der Waals surface area contributed by atoms with E-state index in [1.165, 1.54) is 50.4 Å². The second-order valence-electron chi connectivity index (χ2n) is 10.3. The number of ether oxygens (including phenoxy) is 5. The van der Waals surface area contributed by atoms with Crippen LogP contribution in [0.5, 0.6) is 23.0 Å². The second-order valence-corrected chi connectivity index (χ2v) is 10.3. The van der Waals surface area contributed by atoms with Crippen molar-refractivity contribution in [2.45, 2.75) is 68.3 Å². The maximum Gasteiger partial charge on any atom is 0.239 e. The van der Waals surface area contributed by atoms with Crippen LogP contribution < -0.4 is 14.9 Å². The molecule has 2 saturated heterocycles. The fourth-order valence-corrected chi connectivity index (χ4v) is 4.89. The van der Waals surface area contributed by atoms with Gasteiger partial charge in [0, 0.05) is 17.7 Å². The van der Waals surface area contributed by atoms with Gasteiger partial charge in [0.25, 0.3) is 0 Å². The fraction of sp³-hybridized carbons (Fsp3) is 0.464. The zero-order valence-corrected chi connectivity index (χ0v) is 22.9. The first-order valence-corrected chi connectivity index (χ1v) is 13.3. The monoisotopic (exact) mass is 608 g/mol. The number of benzene rings is 2. The van der Waals surface area contributed by atoms with Crippen LogP contribution in [0.4, 0.5) is 0 Å². The lowest BCUT2D eigenvalue weighted by Crippen LogP contribution is -2.61. The average Bonchev–Trinajstić information content (AvgIpc) is 2.99. The van der Waals surface area contributed by atoms with Crippen molar-refractivity contribution >= 4 is 11.0 Å². The first-order valence-electron chi connectivity index (χ1n) is 13.3. The Labute approximate surface area is 243 Å². The van der Waals surface area contributed by atoms with Gasteiger partial charge < -0.3 is 69.0 Å². The fourth-order valence-electron chi connectivity index (χ4n) is 4.89. The van der Waals surface area contributed by atoms with Crippen molar-refractivity contribution in [1.82, 2.24) is 0 Å². The summed E-state index contributed by atoms with van der Waals surface area (Å²) in [6, 6.07) is 8.03. The molecule has 2 aliphatic rings. The van der Waals surface area contributed by atoms with E-state index in [0.717, 1.165) is 0 Å². The number of phenols is 2.